The Morgan fingerprint density at radius 1 is 0.862 bits per heavy atom. The first-order valence-corrected chi connectivity index (χ1v) is 9.51. The highest BCUT2D eigenvalue weighted by atomic mass is 79.9. The van der Waals surface area contributed by atoms with E-state index in [-0.39, 0.29) is 11.3 Å². The summed E-state index contributed by atoms with van der Waals surface area (Å²) in [5.74, 6) is -0.112. The molecule has 5 rings (SSSR count). The lowest BCUT2D eigenvalue weighted by Crippen LogP contribution is -2.00. The van der Waals surface area contributed by atoms with Crippen molar-refractivity contribution in [1.29, 1.82) is 0 Å². The highest BCUT2D eigenvalue weighted by molar-refractivity contribution is 9.10. The monoisotopic (exact) mass is 451 g/mol. The van der Waals surface area contributed by atoms with Gasteiger partial charge < -0.3 is 5.32 Å². The van der Waals surface area contributed by atoms with Gasteiger partial charge in [0, 0.05) is 21.5 Å². The molecule has 0 aliphatic rings. The van der Waals surface area contributed by atoms with E-state index >= 15 is 0 Å². The van der Waals surface area contributed by atoms with Gasteiger partial charge in [0.05, 0.1) is 10.9 Å². The number of hydrogen-bond donors (Lipinski definition) is 2. The number of hydrogen-bond acceptors (Lipinski definition) is 4. The summed E-state index contributed by atoms with van der Waals surface area (Å²) in [5.41, 5.74) is 1.68. The molecule has 0 atom stereocenters. The molecule has 0 unspecified atom stereocenters. The smallest absolute Gasteiger partial charge is 0.163 e. The van der Waals surface area contributed by atoms with Gasteiger partial charge in [0.25, 0.3) is 0 Å². The van der Waals surface area contributed by atoms with E-state index in [0.717, 1.165) is 27.0 Å². The van der Waals surface area contributed by atoms with Gasteiger partial charge in [-0.05, 0) is 24.3 Å². The molecule has 0 bridgehead atoms. The van der Waals surface area contributed by atoms with Gasteiger partial charge >= 0.3 is 0 Å². The molecule has 142 valence electrons. The lowest BCUT2D eigenvalue weighted by Gasteiger charge is -2.10. The number of fused-ring (bicyclic) bond motifs is 2. The molecule has 0 radical (unpaired) electrons. The number of rotatable bonds is 3. The first kappa shape index (κ1) is 17.7. The first-order chi connectivity index (χ1) is 14.1. The molecule has 0 saturated heterocycles. The summed E-state index contributed by atoms with van der Waals surface area (Å²) >= 11 is 3.53. The standard InChI is InChI=1S/C21H12BrF2N5/c22-15-7-3-1-5-12(15)19-25-17-8-4-2-6-13(17)20(26-19)27-21-14-9-11(23)10-16(24)18(14)28-29-21/h1-10H,(H2,25,26,27,28,29). The van der Waals surface area contributed by atoms with Crippen LogP contribution in [-0.2, 0) is 0 Å². The molecule has 0 aliphatic carbocycles. The molecule has 8 heteroatoms. The number of nitrogens with zero attached hydrogens (tertiary/aromatic N) is 3. The SMILES string of the molecule is Fc1cc(F)c2[nH]nc(Nc3nc(-c4ccccc4Br)nc4ccccc34)c2c1. The van der Waals surface area contributed by atoms with Crippen molar-refractivity contribution < 1.29 is 8.78 Å². The van der Waals surface area contributed by atoms with E-state index in [1.165, 1.54) is 6.07 Å². The van der Waals surface area contributed by atoms with Crippen LogP contribution < -0.4 is 5.32 Å². The number of halogens is 3. The molecule has 0 spiro atoms. The van der Waals surface area contributed by atoms with Crippen LogP contribution in [0.2, 0.25) is 0 Å². The quantitative estimate of drug-likeness (QED) is 0.355. The molecule has 0 amide bonds. The van der Waals surface area contributed by atoms with Crippen LogP contribution in [0.25, 0.3) is 33.2 Å². The van der Waals surface area contributed by atoms with Crippen molar-refractivity contribution in [3.63, 3.8) is 0 Å². The van der Waals surface area contributed by atoms with Crippen molar-refractivity contribution in [2.24, 2.45) is 0 Å². The van der Waals surface area contributed by atoms with Crippen LogP contribution in [0.4, 0.5) is 20.4 Å². The molecule has 3 aromatic carbocycles. The van der Waals surface area contributed by atoms with E-state index in [1.54, 1.807) is 0 Å². The van der Waals surface area contributed by atoms with E-state index in [4.69, 9.17) is 0 Å². The highest BCUT2D eigenvalue weighted by Gasteiger charge is 2.16. The Morgan fingerprint density at radius 3 is 2.52 bits per heavy atom. The number of nitrogens with one attached hydrogen (secondary N) is 2. The van der Waals surface area contributed by atoms with Gasteiger partial charge in [0.2, 0.25) is 0 Å². The Balaban J connectivity index is 1.70. The largest absolute Gasteiger partial charge is 0.322 e. The third-order valence-electron chi connectivity index (χ3n) is 4.54. The maximum Gasteiger partial charge on any atom is 0.163 e. The minimum Gasteiger partial charge on any atom is -0.322 e. The topological polar surface area (TPSA) is 66.5 Å². The number of aromatic nitrogens is 4. The summed E-state index contributed by atoms with van der Waals surface area (Å²) in [4.78, 5) is 9.32. The molecule has 5 aromatic rings. The predicted octanol–water partition coefficient (Wildman–Crippen LogP) is 5.96. The Hall–Kier alpha value is -3.39. The summed E-state index contributed by atoms with van der Waals surface area (Å²) in [7, 11) is 0. The molecule has 29 heavy (non-hydrogen) atoms. The van der Waals surface area contributed by atoms with Crippen LogP contribution in [0.1, 0.15) is 0 Å². The maximum atomic E-state index is 14.0. The fourth-order valence-electron chi connectivity index (χ4n) is 3.19. The fraction of sp³-hybridized carbons (Fsp3) is 0. The minimum absolute atomic E-state index is 0.123. The van der Waals surface area contributed by atoms with E-state index in [9.17, 15) is 8.78 Å². The maximum absolute atomic E-state index is 14.0. The number of aromatic amines is 1. The summed E-state index contributed by atoms with van der Waals surface area (Å²) in [5, 5.41) is 10.9. The van der Waals surface area contributed by atoms with Gasteiger partial charge in [-0.15, -0.1) is 0 Å². The number of H-pyrrole nitrogens is 1. The Bertz CT molecular complexity index is 1380. The van der Waals surface area contributed by atoms with Crippen LogP contribution in [0.15, 0.2) is 65.1 Å². The molecule has 5 nitrogen and oxygen atoms in total. The molecular formula is C21H12BrF2N5. The molecule has 2 heterocycles. The fourth-order valence-corrected chi connectivity index (χ4v) is 3.65. The van der Waals surface area contributed by atoms with Crippen LogP contribution >= 0.6 is 15.9 Å². The van der Waals surface area contributed by atoms with Gasteiger partial charge in [-0.25, -0.2) is 18.7 Å². The minimum atomic E-state index is -0.706. The van der Waals surface area contributed by atoms with Crippen molar-refractivity contribution in [2.45, 2.75) is 0 Å². The van der Waals surface area contributed by atoms with Gasteiger partial charge in [-0.2, -0.15) is 5.10 Å². The van der Waals surface area contributed by atoms with Crippen LogP contribution in [0.3, 0.4) is 0 Å². The van der Waals surface area contributed by atoms with Gasteiger partial charge in [-0.1, -0.05) is 46.3 Å². The van der Waals surface area contributed by atoms with E-state index in [0.29, 0.717) is 17.0 Å². The number of anilines is 2. The van der Waals surface area contributed by atoms with E-state index in [2.05, 4.69) is 41.4 Å². The second-order valence-electron chi connectivity index (χ2n) is 6.40. The molecule has 0 saturated carbocycles. The molecular weight excluding hydrogens is 440 g/mol. The summed E-state index contributed by atoms with van der Waals surface area (Å²) < 4.78 is 28.6. The molecule has 0 fully saturated rings. The van der Waals surface area contributed by atoms with Gasteiger partial charge in [-0.3, -0.25) is 5.10 Å². The third-order valence-corrected chi connectivity index (χ3v) is 5.24. The predicted molar refractivity (Wildman–Crippen MR) is 112 cm³/mol. The van der Waals surface area contributed by atoms with Crippen molar-refractivity contribution in [3.8, 4) is 11.4 Å². The van der Waals surface area contributed by atoms with Crippen molar-refractivity contribution in [1.82, 2.24) is 20.2 Å². The lowest BCUT2D eigenvalue weighted by atomic mass is 10.1. The average molecular weight is 452 g/mol. The Labute approximate surface area is 171 Å². The normalized spacial score (nSPS) is 11.3. The average Bonchev–Trinajstić information content (AvgIpc) is 3.11. The lowest BCUT2D eigenvalue weighted by molar-refractivity contribution is 0.590. The van der Waals surface area contributed by atoms with Crippen LogP contribution in [0, 0.1) is 11.6 Å². The zero-order valence-electron chi connectivity index (χ0n) is 14.7. The van der Waals surface area contributed by atoms with Gasteiger partial charge in [0.15, 0.2) is 17.5 Å². The summed E-state index contributed by atoms with van der Waals surface area (Å²) in [6.07, 6.45) is 0. The van der Waals surface area contributed by atoms with Crippen LogP contribution in [-0.4, -0.2) is 20.2 Å². The van der Waals surface area contributed by atoms with E-state index in [1.807, 2.05) is 48.5 Å². The molecule has 0 aliphatic heterocycles. The Kier molecular flexibility index (Phi) is 4.21. The Morgan fingerprint density at radius 2 is 1.66 bits per heavy atom. The van der Waals surface area contributed by atoms with Crippen molar-refractivity contribution in [2.75, 3.05) is 5.32 Å². The zero-order chi connectivity index (χ0) is 20.0. The number of benzene rings is 3. The van der Waals surface area contributed by atoms with Crippen molar-refractivity contribution >= 4 is 49.4 Å². The molecule has 2 aromatic heterocycles. The summed E-state index contributed by atoms with van der Waals surface area (Å²) in [6.45, 7) is 0. The van der Waals surface area contributed by atoms with Crippen LogP contribution in [0.5, 0.6) is 0 Å². The first-order valence-electron chi connectivity index (χ1n) is 8.72. The molecule has 2 N–H and O–H groups in total. The zero-order valence-corrected chi connectivity index (χ0v) is 16.3. The second kappa shape index (κ2) is 6.89. The van der Waals surface area contributed by atoms with Gasteiger partial charge in [0.1, 0.15) is 17.2 Å². The highest BCUT2D eigenvalue weighted by Crippen LogP contribution is 2.32. The third kappa shape index (κ3) is 3.11. The van der Waals surface area contributed by atoms with E-state index < -0.39 is 11.6 Å². The van der Waals surface area contributed by atoms with Crippen molar-refractivity contribution in [3.05, 3.63) is 76.8 Å². The number of para-hydroxylation sites is 1. The summed E-state index contributed by atoms with van der Waals surface area (Å²) in [6, 6.07) is 17.2. The second-order valence-corrected chi connectivity index (χ2v) is 7.25.